The molecule has 1 aliphatic carbocycles. The fourth-order valence-electron chi connectivity index (χ4n) is 3.01. The molecule has 0 spiro atoms. The summed E-state index contributed by atoms with van der Waals surface area (Å²) < 4.78 is 44.2. The number of nitrogens with zero attached hydrogens (tertiary/aromatic N) is 2. The van der Waals surface area contributed by atoms with Gasteiger partial charge in [0.2, 0.25) is 17.6 Å². The molecule has 1 saturated carbocycles. The molecule has 29 heavy (non-hydrogen) atoms. The lowest BCUT2D eigenvalue weighted by Gasteiger charge is -2.15. The summed E-state index contributed by atoms with van der Waals surface area (Å²) in [5, 5.41) is 6.76. The van der Waals surface area contributed by atoms with Crippen LogP contribution in [0.25, 0.3) is 11.4 Å². The van der Waals surface area contributed by atoms with E-state index in [2.05, 4.69) is 15.5 Å². The lowest BCUT2D eigenvalue weighted by Crippen LogP contribution is -2.31. The third-order valence-electron chi connectivity index (χ3n) is 4.74. The van der Waals surface area contributed by atoms with E-state index in [0.29, 0.717) is 6.42 Å². The summed E-state index contributed by atoms with van der Waals surface area (Å²) in [6, 6.07) is 13.7. The molecule has 150 valence electrons. The average Bonchev–Trinajstić information content (AvgIpc) is 3.44. The Morgan fingerprint density at radius 1 is 1.14 bits per heavy atom. The summed E-state index contributed by atoms with van der Waals surface area (Å²) in [4.78, 5) is 16.6. The fraction of sp³-hybridized carbons (Fsp3) is 0.286. The second kappa shape index (κ2) is 7.69. The predicted molar refractivity (Wildman–Crippen MR) is 98.5 cm³/mol. The number of alkyl halides is 3. The minimum Gasteiger partial charge on any atom is -0.344 e. The van der Waals surface area contributed by atoms with Gasteiger partial charge in [-0.1, -0.05) is 47.6 Å². The number of amides is 1. The van der Waals surface area contributed by atoms with Crippen molar-refractivity contribution in [2.75, 3.05) is 0 Å². The van der Waals surface area contributed by atoms with Crippen LogP contribution in [0.1, 0.15) is 35.9 Å². The van der Waals surface area contributed by atoms with Crippen molar-refractivity contribution in [1.29, 1.82) is 0 Å². The molecule has 1 fully saturated rings. The van der Waals surface area contributed by atoms with E-state index in [9.17, 15) is 18.0 Å². The van der Waals surface area contributed by atoms with E-state index in [1.165, 1.54) is 12.1 Å². The lowest BCUT2D eigenvalue weighted by molar-refractivity contribution is -0.137. The Morgan fingerprint density at radius 3 is 2.59 bits per heavy atom. The number of rotatable bonds is 6. The van der Waals surface area contributed by atoms with E-state index in [1.54, 1.807) is 0 Å². The zero-order valence-electron chi connectivity index (χ0n) is 15.3. The molecule has 1 aliphatic rings. The highest BCUT2D eigenvalue weighted by molar-refractivity contribution is 5.81. The highest BCUT2D eigenvalue weighted by Crippen LogP contribution is 2.32. The average molecular weight is 401 g/mol. The largest absolute Gasteiger partial charge is 0.416 e. The zero-order valence-corrected chi connectivity index (χ0v) is 15.3. The molecular formula is C21H18F3N3O2. The Morgan fingerprint density at radius 2 is 1.90 bits per heavy atom. The Bertz CT molecular complexity index is 998. The van der Waals surface area contributed by atoms with Crippen LogP contribution in [0.3, 0.4) is 0 Å². The van der Waals surface area contributed by atoms with Gasteiger partial charge in [-0.2, -0.15) is 18.2 Å². The first kappa shape index (κ1) is 19.2. The van der Waals surface area contributed by atoms with Crippen molar-refractivity contribution in [3.63, 3.8) is 0 Å². The van der Waals surface area contributed by atoms with E-state index in [4.69, 9.17) is 4.52 Å². The maximum Gasteiger partial charge on any atom is 0.416 e. The van der Waals surface area contributed by atoms with Crippen molar-refractivity contribution < 1.29 is 22.5 Å². The summed E-state index contributed by atoms with van der Waals surface area (Å²) in [7, 11) is 0. The number of nitrogens with one attached hydrogen (secondary N) is 1. The summed E-state index contributed by atoms with van der Waals surface area (Å²) >= 11 is 0. The number of carbonyl (C=O) groups excluding carboxylic acids is 1. The van der Waals surface area contributed by atoms with Crippen LogP contribution < -0.4 is 5.32 Å². The lowest BCUT2D eigenvalue weighted by atomic mass is 10.1. The number of hydrogen-bond acceptors (Lipinski definition) is 4. The third kappa shape index (κ3) is 4.64. The Labute approximate surface area is 164 Å². The predicted octanol–water partition coefficient (Wildman–Crippen LogP) is 4.57. The van der Waals surface area contributed by atoms with Gasteiger partial charge in [-0.25, -0.2) is 0 Å². The second-order valence-electron chi connectivity index (χ2n) is 7.06. The highest BCUT2D eigenvalue weighted by Gasteiger charge is 2.33. The Hall–Kier alpha value is -3.16. The molecule has 0 aliphatic heterocycles. The molecule has 1 N–H and O–H groups in total. The van der Waals surface area contributed by atoms with Crippen molar-refractivity contribution in [3.8, 4) is 11.4 Å². The van der Waals surface area contributed by atoms with Crippen LogP contribution in [-0.4, -0.2) is 16.0 Å². The number of carbonyl (C=O) groups is 1. The van der Waals surface area contributed by atoms with Gasteiger partial charge in [-0.05, 0) is 30.5 Å². The molecular weight excluding hydrogens is 383 g/mol. The normalized spacial score (nSPS) is 15.1. The van der Waals surface area contributed by atoms with E-state index in [0.717, 1.165) is 30.5 Å². The highest BCUT2D eigenvalue weighted by atomic mass is 19.4. The van der Waals surface area contributed by atoms with Gasteiger partial charge in [-0.15, -0.1) is 0 Å². The smallest absolute Gasteiger partial charge is 0.344 e. The second-order valence-corrected chi connectivity index (χ2v) is 7.06. The van der Waals surface area contributed by atoms with Crippen LogP contribution in [0.2, 0.25) is 0 Å². The molecule has 1 amide bonds. The van der Waals surface area contributed by atoms with Crippen molar-refractivity contribution in [1.82, 2.24) is 15.5 Å². The van der Waals surface area contributed by atoms with Gasteiger partial charge in [0, 0.05) is 17.9 Å². The van der Waals surface area contributed by atoms with Gasteiger partial charge in [0.15, 0.2) is 0 Å². The van der Waals surface area contributed by atoms with Gasteiger partial charge in [-0.3, -0.25) is 4.79 Å². The third-order valence-corrected chi connectivity index (χ3v) is 4.74. The molecule has 3 aromatic rings. The Balaban J connectivity index is 1.60. The first-order valence-electron chi connectivity index (χ1n) is 9.25. The number of benzene rings is 2. The summed E-state index contributed by atoms with van der Waals surface area (Å²) in [5.41, 5.74) is 0.374. The van der Waals surface area contributed by atoms with E-state index in [-0.39, 0.29) is 29.1 Å². The van der Waals surface area contributed by atoms with Crippen molar-refractivity contribution >= 4 is 5.91 Å². The monoisotopic (exact) mass is 401 g/mol. The maximum atomic E-state index is 13.0. The molecule has 0 unspecified atom stereocenters. The number of halogens is 3. The topological polar surface area (TPSA) is 68.0 Å². The van der Waals surface area contributed by atoms with Crippen LogP contribution in [0, 0.1) is 5.92 Å². The number of hydrogen-bond donors (Lipinski definition) is 1. The summed E-state index contributed by atoms with van der Waals surface area (Å²) in [6.07, 6.45) is -2.33. The summed E-state index contributed by atoms with van der Waals surface area (Å²) in [6.45, 7) is 0. The molecule has 1 aromatic heterocycles. The van der Waals surface area contributed by atoms with Crippen LogP contribution in [0.15, 0.2) is 59.1 Å². The SMILES string of the molecule is O=C(N[C@@H](Cc1ccccc1)c1nc(-c2cccc(C(F)(F)F)c2)no1)C1CC1. The zero-order chi connectivity index (χ0) is 20.4. The minimum atomic E-state index is -4.46. The summed E-state index contributed by atoms with van der Waals surface area (Å²) in [5.74, 6) is 0.129. The molecule has 4 rings (SSSR count). The molecule has 0 radical (unpaired) electrons. The molecule has 1 atom stereocenters. The standard InChI is InChI=1S/C21H18F3N3O2/c22-21(23,24)16-8-4-7-15(12-16)18-26-20(29-27-18)17(25-19(28)14-9-10-14)11-13-5-2-1-3-6-13/h1-8,12,14,17H,9-11H2,(H,25,28)/t17-/m0/s1. The van der Waals surface area contributed by atoms with Crippen molar-refractivity contribution in [3.05, 3.63) is 71.6 Å². The van der Waals surface area contributed by atoms with E-state index in [1.807, 2.05) is 30.3 Å². The molecule has 0 saturated heterocycles. The first-order chi connectivity index (χ1) is 13.9. The van der Waals surface area contributed by atoms with Crippen molar-refractivity contribution in [2.24, 2.45) is 5.92 Å². The van der Waals surface area contributed by atoms with Gasteiger partial charge >= 0.3 is 6.18 Å². The molecule has 1 heterocycles. The van der Waals surface area contributed by atoms with E-state index < -0.39 is 17.8 Å². The van der Waals surface area contributed by atoms with Gasteiger partial charge in [0.05, 0.1) is 5.56 Å². The fourth-order valence-corrected chi connectivity index (χ4v) is 3.01. The molecule has 8 heteroatoms. The Kier molecular flexibility index (Phi) is 5.08. The quantitative estimate of drug-likeness (QED) is 0.657. The van der Waals surface area contributed by atoms with Gasteiger partial charge < -0.3 is 9.84 Å². The number of aromatic nitrogens is 2. The maximum absolute atomic E-state index is 13.0. The van der Waals surface area contributed by atoms with Crippen LogP contribution in [-0.2, 0) is 17.4 Å². The van der Waals surface area contributed by atoms with Crippen LogP contribution in [0.5, 0.6) is 0 Å². The molecule has 2 aromatic carbocycles. The van der Waals surface area contributed by atoms with E-state index >= 15 is 0 Å². The van der Waals surface area contributed by atoms with Crippen molar-refractivity contribution in [2.45, 2.75) is 31.5 Å². The van der Waals surface area contributed by atoms with Crippen LogP contribution >= 0.6 is 0 Å². The van der Waals surface area contributed by atoms with Crippen LogP contribution in [0.4, 0.5) is 13.2 Å². The molecule has 0 bridgehead atoms. The molecule has 5 nitrogen and oxygen atoms in total. The minimum absolute atomic E-state index is 0.000803. The first-order valence-corrected chi connectivity index (χ1v) is 9.25. The van der Waals surface area contributed by atoms with Gasteiger partial charge in [0.1, 0.15) is 6.04 Å². The van der Waals surface area contributed by atoms with Gasteiger partial charge in [0.25, 0.3) is 0 Å².